The molecular weight excluding hydrogens is 208 g/mol. The monoisotopic (exact) mass is 224 g/mol. The predicted molar refractivity (Wildman–Crippen MR) is 59.4 cm³/mol. The fourth-order valence-electron chi connectivity index (χ4n) is 2.48. The quantitative estimate of drug-likeness (QED) is 0.756. The molecule has 5 heteroatoms. The van der Waals surface area contributed by atoms with E-state index in [-0.39, 0.29) is 12.0 Å². The van der Waals surface area contributed by atoms with Gasteiger partial charge in [0.05, 0.1) is 12.1 Å². The minimum Gasteiger partial charge on any atom is -0.391 e. The normalized spacial score (nSPS) is 29.5. The summed E-state index contributed by atoms with van der Waals surface area (Å²) in [4.78, 5) is 24.7. The van der Waals surface area contributed by atoms with Gasteiger partial charge >= 0.3 is 5.69 Å². The molecule has 0 aliphatic heterocycles. The number of nitrogens with zero attached hydrogens (tertiary/aromatic N) is 1. The molecule has 1 aromatic rings. The van der Waals surface area contributed by atoms with E-state index < -0.39 is 17.4 Å². The Morgan fingerprint density at radius 3 is 2.81 bits per heavy atom. The number of aromatic nitrogens is 2. The highest BCUT2D eigenvalue weighted by Gasteiger charge is 2.34. The van der Waals surface area contributed by atoms with Gasteiger partial charge in [-0.05, 0) is 18.8 Å². The van der Waals surface area contributed by atoms with Crippen molar-refractivity contribution in [2.45, 2.75) is 38.3 Å². The molecule has 0 saturated heterocycles. The molecule has 1 aromatic heterocycles. The number of aromatic amines is 1. The summed E-state index contributed by atoms with van der Waals surface area (Å²) in [7, 11) is 0. The number of H-pyrrole nitrogens is 1. The van der Waals surface area contributed by atoms with Crippen molar-refractivity contribution < 1.29 is 5.11 Å². The van der Waals surface area contributed by atoms with E-state index in [0.717, 1.165) is 19.3 Å². The molecule has 16 heavy (non-hydrogen) atoms. The van der Waals surface area contributed by atoms with Crippen LogP contribution in [-0.4, -0.2) is 20.8 Å². The Balaban J connectivity index is 2.32. The van der Waals surface area contributed by atoms with Gasteiger partial charge in [0.1, 0.15) is 0 Å². The van der Waals surface area contributed by atoms with Crippen molar-refractivity contribution in [3.05, 3.63) is 33.1 Å². The van der Waals surface area contributed by atoms with Crippen molar-refractivity contribution in [1.29, 1.82) is 0 Å². The van der Waals surface area contributed by atoms with Crippen LogP contribution >= 0.6 is 0 Å². The maximum atomic E-state index is 11.6. The van der Waals surface area contributed by atoms with Gasteiger partial charge in [0.25, 0.3) is 5.56 Å². The van der Waals surface area contributed by atoms with Crippen molar-refractivity contribution in [2.24, 2.45) is 5.92 Å². The number of hydrogen-bond acceptors (Lipinski definition) is 3. The molecule has 1 fully saturated rings. The molecule has 1 aliphatic carbocycles. The summed E-state index contributed by atoms with van der Waals surface area (Å²) in [5, 5.41) is 10.0. The fourth-order valence-corrected chi connectivity index (χ4v) is 2.48. The van der Waals surface area contributed by atoms with Crippen LogP contribution in [0.1, 0.15) is 32.2 Å². The Kier molecular flexibility index (Phi) is 2.96. The smallest absolute Gasteiger partial charge is 0.328 e. The van der Waals surface area contributed by atoms with Gasteiger partial charge in [-0.1, -0.05) is 13.3 Å². The molecule has 5 nitrogen and oxygen atoms in total. The van der Waals surface area contributed by atoms with Crippen LogP contribution in [0.2, 0.25) is 0 Å². The number of aliphatic hydroxyl groups is 1. The van der Waals surface area contributed by atoms with Crippen LogP contribution in [0.5, 0.6) is 0 Å². The van der Waals surface area contributed by atoms with Gasteiger partial charge in [-0.3, -0.25) is 14.3 Å². The minimum atomic E-state index is -0.492. The van der Waals surface area contributed by atoms with E-state index in [1.165, 1.54) is 16.8 Å². The minimum absolute atomic E-state index is 0.200. The molecular formula is C11H16N2O3. The van der Waals surface area contributed by atoms with E-state index in [4.69, 9.17) is 0 Å². The van der Waals surface area contributed by atoms with Crippen molar-refractivity contribution in [2.75, 3.05) is 0 Å². The Hall–Kier alpha value is -1.36. The van der Waals surface area contributed by atoms with Gasteiger partial charge < -0.3 is 5.11 Å². The molecule has 0 spiro atoms. The first-order chi connectivity index (χ1) is 7.63. The van der Waals surface area contributed by atoms with E-state index in [2.05, 4.69) is 4.98 Å². The van der Waals surface area contributed by atoms with Crippen LogP contribution in [0.4, 0.5) is 0 Å². The average molecular weight is 224 g/mol. The Morgan fingerprint density at radius 2 is 2.25 bits per heavy atom. The summed E-state index contributed by atoms with van der Waals surface area (Å²) in [6, 6.07) is 1.11. The molecule has 2 N–H and O–H groups in total. The SMILES string of the molecule is CCC1CCC(n2ccc(=O)[nH]c2=O)C1O. The summed E-state index contributed by atoms with van der Waals surface area (Å²) in [6.45, 7) is 2.03. The van der Waals surface area contributed by atoms with Crippen LogP contribution in [-0.2, 0) is 0 Å². The standard InChI is InChI=1S/C11H16N2O3/c1-2-7-3-4-8(10(7)15)13-6-5-9(14)12-11(13)16/h5-8,10,15H,2-4H2,1H3,(H,12,14,16). The lowest BCUT2D eigenvalue weighted by Crippen LogP contribution is -2.35. The van der Waals surface area contributed by atoms with E-state index >= 15 is 0 Å². The third-order valence-electron chi connectivity index (χ3n) is 3.44. The van der Waals surface area contributed by atoms with Crippen molar-refractivity contribution in [1.82, 2.24) is 9.55 Å². The van der Waals surface area contributed by atoms with Crippen molar-refractivity contribution >= 4 is 0 Å². The van der Waals surface area contributed by atoms with E-state index in [0.29, 0.717) is 0 Å². The van der Waals surface area contributed by atoms with E-state index in [1.807, 2.05) is 6.92 Å². The number of hydrogen-bond donors (Lipinski definition) is 2. The first kappa shape index (κ1) is 11.1. The zero-order valence-corrected chi connectivity index (χ0v) is 9.22. The zero-order valence-electron chi connectivity index (χ0n) is 9.22. The third kappa shape index (κ3) is 1.82. The molecule has 3 unspecified atom stereocenters. The molecule has 2 rings (SSSR count). The van der Waals surface area contributed by atoms with Gasteiger partial charge in [0.15, 0.2) is 0 Å². The molecule has 1 heterocycles. The van der Waals surface area contributed by atoms with Gasteiger partial charge in [0, 0.05) is 12.3 Å². The second-order valence-corrected chi connectivity index (χ2v) is 4.32. The zero-order chi connectivity index (χ0) is 11.7. The first-order valence-electron chi connectivity index (χ1n) is 5.63. The number of aliphatic hydroxyl groups excluding tert-OH is 1. The van der Waals surface area contributed by atoms with Crippen molar-refractivity contribution in [3.63, 3.8) is 0 Å². The van der Waals surface area contributed by atoms with Gasteiger partial charge in [-0.15, -0.1) is 0 Å². The number of rotatable bonds is 2. The maximum absolute atomic E-state index is 11.6. The highest BCUT2D eigenvalue weighted by Crippen LogP contribution is 2.35. The van der Waals surface area contributed by atoms with Crippen molar-refractivity contribution in [3.8, 4) is 0 Å². The fraction of sp³-hybridized carbons (Fsp3) is 0.636. The molecule has 0 radical (unpaired) electrons. The summed E-state index contributed by atoms with van der Waals surface area (Å²) in [5.74, 6) is 0.254. The summed E-state index contributed by atoms with van der Waals surface area (Å²) in [6.07, 6.45) is 3.59. The van der Waals surface area contributed by atoms with Gasteiger partial charge in [-0.25, -0.2) is 4.79 Å². The Morgan fingerprint density at radius 1 is 1.50 bits per heavy atom. The summed E-state index contributed by atoms with van der Waals surface area (Å²) < 4.78 is 1.43. The Bertz CT molecular complexity index is 477. The molecule has 1 aliphatic rings. The van der Waals surface area contributed by atoms with E-state index in [9.17, 15) is 14.7 Å². The van der Waals surface area contributed by atoms with Crippen LogP contribution in [0.3, 0.4) is 0 Å². The summed E-state index contributed by atoms with van der Waals surface area (Å²) >= 11 is 0. The lowest BCUT2D eigenvalue weighted by molar-refractivity contribution is 0.0912. The molecule has 1 saturated carbocycles. The second-order valence-electron chi connectivity index (χ2n) is 4.32. The maximum Gasteiger partial charge on any atom is 0.328 e. The Labute approximate surface area is 92.7 Å². The van der Waals surface area contributed by atoms with Crippen LogP contribution in [0, 0.1) is 5.92 Å². The van der Waals surface area contributed by atoms with E-state index in [1.54, 1.807) is 0 Å². The van der Waals surface area contributed by atoms with Gasteiger partial charge in [0.2, 0.25) is 0 Å². The number of nitrogens with one attached hydrogen (secondary N) is 1. The molecule has 88 valence electrons. The average Bonchev–Trinajstić information content (AvgIpc) is 2.60. The lowest BCUT2D eigenvalue weighted by atomic mass is 10.0. The molecule has 0 aromatic carbocycles. The topological polar surface area (TPSA) is 75.1 Å². The molecule has 3 atom stereocenters. The predicted octanol–water partition coefficient (Wildman–Crippen LogP) is 0.259. The largest absolute Gasteiger partial charge is 0.391 e. The van der Waals surface area contributed by atoms with Crippen LogP contribution in [0.25, 0.3) is 0 Å². The highest BCUT2D eigenvalue weighted by molar-refractivity contribution is 4.93. The van der Waals surface area contributed by atoms with Crippen LogP contribution in [0.15, 0.2) is 21.9 Å². The highest BCUT2D eigenvalue weighted by atomic mass is 16.3. The lowest BCUT2D eigenvalue weighted by Gasteiger charge is -2.20. The third-order valence-corrected chi connectivity index (χ3v) is 3.44. The van der Waals surface area contributed by atoms with Gasteiger partial charge in [-0.2, -0.15) is 0 Å². The first-order valence-corrected chi connectivity index (χ1v) is 5.63. The molecule has 0 amide bonds. The second kappa shape index (κ2) is 4.25. The summed E-state index contributed by atoms with van der Waals surface area (Å²) in [5.41, 5.74) is -0.839. The molecule has 0 bridgehead atoms. The van der Waals surface area contributed by atoms with Crippen LogP contribution < -0.4 is 11.2 Å².